The second-order valence-electron chi connectivity index (χ2n) is 9.09. The number of nitrogens with zero attached hydrogens (tertiary/aromatic N) is 1. The van der Waals surface area contributed by atoms with Gasteiger partial charge >= 0.3 is 18.1 Å². The molecule has 0 aromatic heterocycles. The zero-order valence-corrected chi connectivity index (χ0v) is 21.7. The first kappa shape index (κ1) is 29.9. The van der Waals surface area contributed by atoms with Crippen molar-refractivity contribution in [3.8, 4) is 11.5 Å². The maximum absolute atomic E-state index is 15.2. The molecule has 3 rings (SSSR count). The second kappa shape index (κ2) is 10.9. The van der Waals surface area contributed by atoms with Crippen LogP contribution in [0.25, 0.3) is 0 Å². The summed E-state index contributed by atoms with van der Waals surface area (Å²) in [4.78, 5) is 22.8. The van der Waals surface area contributed by atoms with E-state index in [0.29, 0.717) is 18.2 Å². The van der Waals surface area contributed by atoms with Crippen LogP contribution in [0.2, 0.25) is 0 Å². The molecule has 15 heteroatoms. The Hall–Kier alpha value is -3.62. The lowest BCUT2D eigenvalue weighted by atomic mass is 10.1. The highest BCUT2D eigenvalue weighted by Crippen LogP contribution is 2.41. The number of benzene rings is 2. The van der Waals surface area contributed by atoms with Crippen molar-refractivity contribution in [3.63, 3.8) is 0 Å². The van der Waals surface area contributed by atoms with Crippen LogP contribution in [-0.4, -0.2) is 57.0 Å². The number of halogens is 5. The Labute approximate surface area is 220 Å². The van der Waals surface area contributed by atoms with E-state index < -0.39 is 92.9 Å². The average molecular weight is 582 g/mol. The number of esters is 1. The van der Waals surface area contributed by atoms with Crippen molar-refractivity contribution in [3.05, 3.63) is 47.5 Å². The number of sulfonamides is 1. The minimum atomic E-state index is -4.89. The number of carbonyl (C=O) groups is 2. The number of hydrogen-bond donors (Lipinski definition) is 1. The largest absolute Gasteiger partial charge is 0.494 e. The molecule has 1 aliphatic rings. The normalized spacial score (nSPS) is 15.8. The van der Waals surface area contributed by atoms with Gasteiger partial charge in [0.25, 0.3) is 10.0 Å². The van der Waals surface area contributed by atoms with Gasteiger partial charge in [0.1, 0.15) is 6.10 Å². The highest BCUT2D eigenvalue weighted by atomic mass is 32.2. The van der Waals surface area contributed by atoms with Gasteiger partial charge in [-0.1, -0.05) is 0 Å². The van der Waals surface area contributed by atoms with Gasteiger partial charge in [0.2, 0.25) is 5.60 Å². The van der Waals surface area contributed by atoms with E-state index in [2.05, 4.69) is 4.74 Å². The lowest BCUT2D eigenvalue weighted by Gasteiger charge is -2.36. The van der Waals surface area contributed by atoms with Gasteiger partial charge in [-0.3, -0.25) is 13.9 Å². The fraction of sp³-hybridized carbons (Fsp3) is 0.417. The molecule has 0 spiro atoms. The van der Waals surface area contributed by atoms with Crippen LogP contribution in [0.4, 0.5) is 27.6 Å². The van der Waals surface area contributed by atoms with Gasteiger partial charge in [-0.15, -0.1) is 0 Å². The van der Waals surface area contributed by atoms with Crippen molar-refractivity contribution in [2.75, 3.05) is 18.0 Å². The van der Waals surface area contributed by atoms with Crippen molar-refractivity contribution in [2.45, 2.75) is 55.9 Å². The zero-order chi connectivity index (χ0) is 29.3. The van der Waals surface area contributed by atoms with E-state index >= 15 is 4.39 Å². The van der Waals surface area contributed by atoms with Crippen molar-refractivity contribution in [1.29, 1.82) is 0 Å². The summed E-state index contributed by atoms with van der Waals surface area (Å²) in [6.07, 6.45) is -7.47. The van der Waals surface area contributed by atoms with Crippen molar-refractivity contribution in [2.24, 2.45) is 0 Å². The smallest absolute Gasteiger partial charge is 0.427 e. The van der Waals surface area contributed by atoms with Gasteiger partial charge in [0.05, 0.1) is 30.7 Å². The third-order valence-electron chi connectivity index (χ3n) is 5.80. The van der Waals surface area contributed by atoms with Crippen LogP contribution >= 0.6 is 0 Å². The SMILES string of the molecule is COc1cc(S(=O)(=O)N2C[C@H](CCC(=O)O)Oc3c(F)cc(CC(=O)OC(C)(C)C(F)(F)F)cc32)ccc1F. The minimum Gasteiger partial charge on any atom is -0.494 e. The molecule has 2 aromatic carbocycles. The predicted molar refractivity (Wildman–Crippen MR) is 125 cm³/mol. The van der Waals surface area contributed by atoms with Crippen molar-refractivity contribution >= 4 is 27.6 Å². The second-order valence-corrected chi connectivity index (χ2v) is 11.0. The van der Waals surface area contributed by atoms with Gasteiger partial charge in [0, 0.05) is 12.5 Å². The molecule has 0 bridgehead atoms. The average Bonchev–Trinajstić information content (AvgIpc) is 2.81. The van der Waals surface area contributed by atoms with Gasteiger partial charge in [-0.05, 0) is 50.1 Å². The Morgan fingerprint density at radius 3 is 2.38 bits per heavy atom. The lowest BCUT2D eigenvalue weighted by Crippen LogP contribution is -2.44. The number of methoxy groups -OCH3 is 1. The fourth-order valence-electron chi connectivity index (χ4n) is 3.66. The molecule has 1 heterocycles. The van der Waals surface area contributed by atoms with Crippen molar-refractivity contribution in [1.82, 2.24) is 0 Å². The lowest BCUT2D eigenvalue weighted by molar-refractivity contribution is -0.257. The monoisotopic (exact) mass is 581 g/mol. The molecular weight excluding hydrogens is 557 g/mol. The minimum absolute atomic E-state index is 0.201. The molecule has 0 amide bonds. The quantitative estimate of drug-likeness (QED) is 0.346. The van der Waals surface area contributed by atoms with Crippen molar-refractivity contribution < 1.29 is 59.3 Å². The van der Waals surface area contributed by atoms with E-state index in [9.17, 15) is 35.6 Å². The first-order chi connectivity index (χ1) is 18.0. The molecule has 0 saturated carbocycles. The third kappa shape index (κ3) is 6.52. The number of rotatable bonds is 9. The molecule has 1 atom stereocenters. The third-order valence-corrected chi connectivity index (χ3v) is 7.57. The molecule has 0 radical (unpaired) electrons. The molecule has 39 heavy (non-hydrogen) atoms. The molecule has 2 aromatic rings. The number of anilines is 1. The van der Waals surface area contributed by atoms with Crippen LogP contribution in [0, 0.1) is 11.6 Å². The maximum atomic E-state index is 15.2. The first-order valence-corrected chi connectivity index (χ1v) is 12.8. The number of carboxylic acid groups (broad SMARTS) is 1. The van der Waals surface area contributed by atoms with Gasteiger partial charge < -0.3 is 19.3 Å². The number of alkyl halides is 3. The summed E-state index contributed by atoms with van der Waals surface area (Å²) in [5, 5.41) is 9.01. The summed E-state index contributed by atoms with van der Waals surface area (Å²) >= 11 is 0. The number of fused-ring (bicyclic) bond motifs is 1. The number of aliphatic carboxylic acids is 1. The summed E-state index contributed by atoms with van der Waals surface area (Å²) in [7, 11) is -3.47. The molecule has 1 N–H and O–H groups in total. The highest BCUT2D eigenvalue weighted by molar-refractivity contribution is 7.92. The number of hydrogen-bond acceptors (Lipinski definition) is 7. The Morgan fingerprint density at radius 1 is 1.13 bits per heavy atom. The van der Waals surface area contributed by atoms with Crippen LogP contribution < -0.4 is 13.8 Å². The topological polar surface area (TPSA) is 119 Å². The molecule has 1 aliphatic heterocycles. The Balaban J connectivity index is 2.05. The van der Waals surface area contributed by atoms with Crippen LogP contribution in [0.3, 0.4) is 0 Å². The van der Waals surface area contributed by atoms with Gasteiger partial charge in [-0.2, -0.15) is 13.2 Å². The number of carboxylic acids is 1. The summed E-state index contributed by atoms with van der Waals surface area (Å²) in [5.41, 5.74) is -3.46. The van der Waals surface area contributed by atoms with Gasteiger partial charge in [-0.25, -0.2) is 17.2 Å². The molecule has 9 nitrogen and oxygen atoms in total. The molecule has 0 saturated heterocycles. The number of carbonyl (C=O) groups excluding carboxylic acids is 1. The molecule has 0 unspecified atom stereocenters. The molecular formula is C24H24F5NO8S. The summed E-state index contributed by atoms with van der Waals surface area (Å²) in [5.74, 6) is -5.55. The Bertz CT molecular complexity index is 1380. The standard InChI is InChI=1S/C24H24F5NO8S/c1-23(2,24(27,28)29)38-21(33)10-13-8-17(26)22-18(9-13)30(12-14(37-22)4-7-20(31)32)39(34,35)15-5-6-16(25)19(11-15)36-3/h5-6,8-9,11,14H,4,7,10,12H2,1-3H3,(H,31,32)/t14-/m0/s1. The van der Waals surface area contributed by atoms with E-state index in [4.69, 9.17) is 14.6 Å². The Kier molecular flexibility index (Phi) is 8.34. The Morgan fingerprint density at radius 2 is 1.79 bits per heavy atom. The van der Waals surface area contributed by atoms with Crippen LogP contribution in [0.5, 0.6) is 11.5 Å². The van der Waals surface area contributed by atoms with Crippen LogP contribution in [0.1, 0.15) is 32.3 Å². The first-order valence-electron chi connectivity index (χ1n) is 11.3. The molecule has 0 aliphatic carbocycles. The van der Waals surface area contributed by atoms with E-state index in [-0.39, 0.29) is 12.0 Å². The van der Waals surface area contributed by atoms with Crippen LogP contribution in [-0.2, 0) is 30.8 Å². The summed E-state index contributed by atoms with van der Waals surface area (Å²) in [6, 6.07) is 4.47. The zero-order valence-electron chi connectivity index (χ0n) is 20.8. The number of ether oxygens (including phenoxy) is 3. The highest BCUT2D eigenvalue weighted by Gasteiger charge is 2.50. The molecule has 214 valence electrons. The van der Waals surface area contributed by atoms with E-state index in [1.165, 1.54) is 0 Å². The van der Waals surface area contributed by atoms with Gasteiger partial charge in [0.15, 0.2) is 23.1 Å². The predicted octanol–water partition coefficient (Wildman–Crippen LogP) is 4.22. The van der Waals surface area contributed by atoms with E-state index in [1.807, 2.05) is 0 Å². The van der Waals surface area contributed by atoms with E-state index in [0.717, 1.165) is 37.4 Å². The van der Waals surface area contributed by atoms with E-state index in [1.54, 1.807) is 0 Å². The van der Waals surface area contributed by atoms with Crippen LogP contribution in [0.15, 0.2) is 35.2 Å². The summed E-state index contributed by atoms with van der Waals surface area (Å²) in [6.45, 7) is 0.778. The summed E-state index contributed by atoms with van der Waals surface area (Å²) < 4.78 is 111. The fourth-order valence-corrected chi connectivity index (χ4v) is 5.17. The molecule has 0 fully saturated rings. The maximum Gasteiger partial charge on any atom is 0.427 e.